The van der Waals surface area contributed by atoms with Gasteiger partial charge in [0.15, 0.2) is 17.8 Å². The number of para-hydroxylation sites is 1. The lowest BCUT2D eigenvalue weighted by Crippen LogP contribution is -2.01. The first-order valence-electron chi connectivity index (χ1n) is 7.05. The average molecular weight is 292 g/mol. The largest absolute Gasteiger partial charge is 0.493 e. The molecule has 0 amide bonds. The minimum Gasteiger partial charge on any atom is -0.493 e. The molecule has 3 aromatic rings. The molecule has 0 unspecified atom stereocenters. The standard InChI is InChI=1S/C19H16O3/c1-21-18-11-5-8-15(12-20)19(18)22-13-16-9-4-7-14-6-2-3-10-17(14)16/h2-12H,13H2,1H3. The van der Waals surface area contributed by atoms with Gasteiger partial charge in [-0.05, 0) is 28.5 Å². The minimum absolute atomic E-state index is 0.378. The van der Waals surface area contributed by atoms with Gasteiger partial charge >= 0.3 is 0 Å². The molecule has 0 aliphatic rings. The molecule has 0 aromatic heterocycles. The molecule has 0 aliphatic carbocycles. The lowest BCUT2D eigenvalue weighted by Gasteiger charge is -2.13. The maximum Gasteiger partial charge on any atom is 0.172 e. The summed E-state index contributed by atoms with van der Waals surface area (Å²) >= 11 is 0. The lowest BCUT2D eigenvalue weighted by atomic mass is 10.1. The van der Waals surface area contributed by atoms with Gasteiger partial charge in [0.2, 0.25) is 0 Å². The van der Waals surface area contributed by atoms with Crippen LogP contribution in [0.5, 0.6) is 11.5 Å². The molecular weight excluding hydrogens is 276 g/mol. The zero-order valence-corrected chi connectivity index (χ0v) is 12.3. The van der Waals surface area contributed by atoms with E-state index < -0.39 is 0 Å². The smallest absolute Gasteiger partial charge is 0.172 e. The zero-order chi connectivity index (χ0) is 15.4. The van der Waals surface area contributed by atoms with E-state index in [0.29, 0.717) is 23.7 Å². The Morgan fingerprint density at radius 1 is 0.955 bits per heavy atom. The number of carbonyl (C=O) groups is 1. The van der Waals surface area contributed by atoms with E-state index in [-0.39, 0.29) is 0 Å². The monoisotopic (exact) mass is 292 g/mol. The zero-order valence-electron chi connectivity index (χ0n) is 12.3. The number of hydrogen-bond acceptors (Lipinski definition) is 3. The number of hydrogen-bond donors (Lipinski definition) is 0. The SMILES string of the molecule is COc1cccc(C=O)c1OCc1cccc2ccccc12. The van der Waals surface area contributed by atoms with Gasteiger partial charge in [0, 0.05) is 0 Å². The van der Waals surface area contributed by atoms with Gasteiger partial charge in [0.25, 0.3) is 0 Å². The Morgan fingerprint density at radius 3 is 2.55 bits per heavy atom. The number of ether oxygens (including phenoxy) is 2. The van der Waals surface area contributed by atoms with Crippen molar-refractivity contribution in [1.82, 2.24) is 0 Å². The van der Waals surface area contributed by atoms with Crippen molar-refractivity contribution in [1.29, 1.82) is 0 Å². The Morgan fingerprint density at radius 2 is 1.73 bits per heavy atom. The quantitative estimate of drug-likeness (QED) is 0.660. The first kappa shape index (κ1) is 14.1. The fourth-order valence-corrected chi connectivity index (χ4v) is 2.51. The summed E-state index contributed by atoms with van der Waals surface area (Å²) in [7, 11) is 1.56. The molecule has 0 N–H and O–H groups in total. The van der Waals surface area contributed by atoms with Crippen molar-refractivity contribution in [3.05, 3.63) is 71.8 Å². The van der Waals surface area contributed by atoms with Crippen molar-refractivity contribution >= 4 is 17.1 Å². The lowest BCUT2D eigenvalue weighted by molar-refractivity contribution is 0.111. The van der Waals surface area contributed by atoms with Crippen LogP contribution in [-0.4, -0.2) is 13.4 Å². The molecule has 0 atom stereocenters. The predicted octanol–water partition coefficient (Wildman–Crippen LogP) is 4.24. The molecule has 0 heterocycles. The second-order valence-electron chi connectivity index (χ2n) is 4.92. The summed E-state index contributed by atoms with van der Waals surface area (Å²) in [6.07, 6.45) is 0.779. The summed E-state index contributed by atoms with van der Waals surface area (Å²) in [5, 5.41) is 2.31. The van der Waals surface area contributed by atoms with Gasteiger partial charge < -0.3 is 9.47 Å². The van der Waals surface area contributed by atoms with E-state index in [1.807, 2.05) is 24.3 Å². The molecule has 0 spiro atoms. The van der Waals surface area contributed by atoms with Gasteiger partial charge in [0.1, 0.15) is 6.61 Å². The maximum absolute atomic E-state index is 11.2. The van der Waals surface area contributed by atoms with Crippen LogP contribution in [0, 0.1) is 0 Å². The summed E-state index contributed by atoms with van der Waals surface area (Å²) in [5.41, 5.74) is 1.56. The van der Waals surface area contributed by atoms with Crippen molar-refractivity contribution in [2.45, 2.75) is 6.61 Å². The van der Waals surface area contributed by atoms with Crippen molar-refractivity contribution in [2.75, 3.05) is 7.11 Å². The average Bonchev–Trinajstić information content (AvgIpc) is 2.59. The Bertz CT molecular complexity index is 803. The minimum atomic E-state index is 0.378. The number of rotatable bonds is 5. The molecule has 0 radical (unpaired) electrons. The predicted molar refractivity (Wildman–Crippen MR) is 86.7 cm³/mol. The molecule has 110 valence electrons. The van der Waals surface area contributed by atoms with E-state index >= 15 is 0 Å². The molecule has 0 saturated carbocycles. The number of methoxy groups -OCH3 is 1. The van der Waals surface area contributed by atoms with E-state index in [4.69, 9.17) is 9.47 Å². The van der Waals surface area contributed by atoms with Crippen molar-refractivity contribution in [3.8, 4) is 11.5 Å². The van der Waals surface area contributed by atoms with Crippen LogP contribution in [0.15, 0.2) is 60.7 Å². The highest BCUT2D eigenvalue weighted by molar-refractivity contribution is 5.85. The number of carbonyl (C=O) groups excluding carboxylic acids is 1. The molecule has 3 nitrogen and oxygen atoms in total. The highest BCUT2D eigenvalue weighted by Crippen LogP contribution is 2.31. The third-order valence-electron chi connectivity index (χ3n) is 3.61. The van der Waals surface area contributed by atoms with Crippen LogP contribution < -0.4 is 9.47 Å². The number of aldehydes is 1. The summed E-state index contributed by atoms with van der Waals surface area (Å²) in [6.45, 7) is 0.378. The summed E-state index contributed by atoms with van der Waals surface area (Å²) in [4.78, 5) is 11.2. The van der Waals surface area contributed by atoms with Gasteiger partial charge in [-0.2, -0.15) is 0 Å². The number of benzene rings is 3. The summed E-state index contributed by atoms with van der Waals surface area (Å²) in [6, 6.07) is 19.5. The summed E-state index contributed by atoms with van der Waals surface area (Å²) in [5.74, 6) is 1.04. The van der Waals surface area contributed by atoms with E-state index in [0.717, 1.165) is 17.2 Å². The van der Waals surface area contributed by atoms with Crippen LogP contribution in [0.2, 0.25) is 0 Å². The van der Waals surface area contributed by atoms with Crippen LogP contribution >= 0.6 is 0 Å². The molecule has 0 aliphatic heterocycles. The second-order valence-corrected chi connectivity index (χ2v) is 4.92. The fraction of sp³-hybridized carbons (Fsp3) is 0.105. The number of fused-ring (bicyclic) bond motifs is 1. The van der Waals surface area contributed by atoms with Crippen LogP contribution in [0.3, 0.4) is 0 Å². The first-order chi connectivity index (χ1) is 10.8. The third-order valence-corrected chi connectivity index (χ3v) is 3.61. The molecule has 22 heavy (non-hydrogen) atoms. The Kier molecular flexibility index (Phi) is 4.05. The van der Waals surface area contributed by atoms with Crippen LogP contribution in [0.1, 0.15) is 15.9 Å². The van der Waals surface area contributed by atoms with Crippen molar-refractivity contribution in [3.63, 3.8) is 0 Å². The topological polar surface area (TPSA) is 35.5 Å². The third kappa shape index (κ3) is 2.66. The van der Waals surface area contributed by atoms with Crippen LogP contribution in [-0.2, 0) is 6.61 Å². The van der Waals surface area contributed by atoms with Crippen LogP contribution in [0.4, 0.5) is 0 Å². The maximum atomic E-state index is 11.2. The normalized spacial score (nSPS) is 10.4. The second kappa shape index (κ2) is 6.31. The molecular formula is C19H16O3. The van der Waals surface area contributed by atoms with E-state index in [1.165, 1.54) is 5.39 Å². The highest BCUT2D eigenvalue weighted by Gasteiger charge is 2.11. The van der Waals surface area contributed by atoms with E-state index in [1.54, 1.807) is 25.3 Å². The van der Waals surface area contributed by atoms with Gasteiger partial charge in [0.05, 0.1) is 12.7 Å². The Hall–Kier alpha value is -2.81. The molecule has 3 aromatic carbocycles. The highest BCUT2D eigenvalue weighted by atomic mass is 16.5. The van der Waals surface area contributed by atoms with Crippen LogP contribution in [0.25, 0.3) is 10.8 Å². The van der Waals surface area contributed by atoms with Crippen molar-refractivity contribution in [2.24, 2.45) is 0 Å². The van der Waals surface area contributed by atoms with Gasteiger partial charge in [-0.25, -0.2) is 0 Å². The van der Waals surface area contributed by atoms with Gasteiger partial charge in [-0.15, -0.1) is 0 Å². The fourth-order valence-electron chi connectivity index (χ4n) is 2.51. The van der Waals surface area contributed by atoms with Gasteiger partial charge in [-0.3, -0.25) is 4.79 Å². The van der Waals surface area contributed by atoms with Crippen molar-refractivity contribution < 1.29 is 14.3 Å². The molecule has 3 heteroatoms. The Balaban J connectivity index is 1.93. The first-order valence-corrected chi connectivity index (χ1v) is 7.05. The molecule has 0 fully saturated rings. The Labute approximate surface area is 129 Å². The van der Waals surface area contributed by atoms with Gasteiger partial charge in [-0.1, -0.05) is 48.5 Å². The summed E-state index contributed by atoms with van der Waals surface area (Å²) < 4.78 is 11.2. The van der Waals surface area contributed by atoms with E-state index in [2.05, 4.69) is 18.2 Å². The van der Waals surface area contributed by atoms with E-state index in [9.17, 15) is 4.79 Å². The molecule has 3 rings (SSSR count). The molecule has 0 bridgehead atoms. The molecule has 0 saturated heterocycles.